The van der Waals surface area contributed by atoms with Gasteiger partial charge in [-0.05, 0) is 36.4 Å². The molecule has 0 radical (unpaired) electrons. The minimum atomic E-state index is -0.576. The molecule has 2 aromatic carbocycles. The van der Waals surface area contributed by atoms with Crippen LogP contribution in [0.5, 0.6) is 5.75 Å². The Hall–Kier alpha value is -3.08. The third-order valence-corrected chi connectivity index (χ3v) is 2.87. The Labute approximate surface area is 121 Å². The summed E-state index contributed by atoms with van der Waals surface area (Å²) in [7, 11) is 0. The van der Waals surface area contributed by atoms with Gasteiger partial charge in [0.15, 0.2) is 0 Å². The number of anilines is 1. The molecule has 0 spiro atoms. The number of rotatable bonds is 3. The minimum Gasteiger partial charge on any atom is -0.409 e. The predicted octanol–water partition coefficient (Wildman–Crippen LogP) is 3.35. The number of hydrogen-bond donors (Lipinski definition) is 2. The van der Waals surface area contributed by atoms with Crippen LogP contribution in [0, 0.1) is 0 Å². The number of amides is 1. The third-order valence-electron chi connectivity index (χ3n) is 2.87. The van der Waals surface area contributed by atoms with Gasteiger partial charge >= 0.3 is 6.09 Å². The van der Waals surface area contributed by atoms with Crippen LogP contribution < -0.4 is 15.6 Å². The van der Waals surface area contributed by atoms with Crippen LogP contribution in [0.1, 0.15) is 0 Å². The Morgan fingerprint density at radius 3 is 2.71 bits per heavy atom. The van der Waals surface area contributed by atoms with Crippen molar-refractivity contribution in [2.24, 2.45) is 0 Å². The van der Waals surface area contributed by atoms with Crippen molar-refractivity contribution >= 4 is 22.7 Å². The summed E-state index contributed by atoms with van der Waals surface area (Å²) in [6.45, 7) is 0. The molecular formula is C16H13N3O2. The Morgan fingerprint density at radius 1 is 1.00 bits per heavy atom. The van der Waals surface area contributed by atoms with E-state index in [1.54, 1.807) is 30.5 Å². The number of ether oxygens (including phenoxy) is 1. The zero-order valence-electron chi connectivity index (χ0n) is 11.1. The van der Waals surface area contributed by atoms with Gasteiger partial charge in [0.2, 0.25) is 0 Å². The first-order valence-corrected chi connectivity index (χ1v) is 6.45. The highest BCUT2D eigenvalue weighted by molar-refractivity contribution is 5.82. The minimum absolute atomic E-state index is 0.486. The van der Waals surface area contributed by atoms with Gasteiger partial charge in [-0.2, -0.15) is 0 Å². The van der Waals surface area contributed by atoms with Crippen LogP contribution in [-0.2, 0) is 0 Å². The van der Waals surface area contributed by atoms with Gasteiger partial charge in [-0.1, -0.05) is 24.3 Å². The zero-order chi connectivity index (χ0) is 14.5. The van der Waals surface area contributed by atoms with E-state index in [1.807, 2.05) is 36.4 Å². The van der Waals surface area contributed by atoms with Gasteiger partial charge in [0.25, 0.3) is 0 Å². The van der Waals surface area contributed by atoms with Crippen LogP contribution in [0.15, 0.2) is 66.9 Å². The van der Waals surface area contributed by atoms with Crippen LogP contribution in [0.3, 0.4) is 0 Å². The van der Waals surface area contributed by atoms with E-state index in [9.17, 15) is 4.79 Å². The maximum absolute atomic E-state index is 11.6. The summed E-state index contributed by atoms with van der Waals surface area (Å²) in [6, 6.07) is 18.3. The Morgan fingerprint density at radius 2 is 1.86 bits per heavy atom. The van der Waals surface area contributed by atoms with Crippen molar-refractivity contribution in [3.8, 4) is 5.75 Å². The number of nitrogens with one attached hydrogen (secondary N) is 2. The molecule has 3 rings (SSSR count). The van der Waals surface area contributed by atoms with E-state index in [0.717, 1.165) is 16.6 Å². The van der Waals surface area contributed by atoms with Crippen molar-refractivity contribution < 1.29 is 9.53 Å². The molecule has 3 aromatic rings. The number of fused-ring (bicyclic) bond motifs is 1. The number of pyridine rings is 1. The van der Waals surface area contributed by atoms with Crippen LogP contribution in [0.4, 0.5) is 10.5 Å². The van der Waals surface area contributed by atoms with Crippen molar-refractivity contribution in [3.05, 3.63) is 66.9 Å². The summed E-state index contributed by atoms with van der Waals surface area (Å²) in [6.07, 6.45) is 1.16. The van der Waals surface area contributed by atoms with Gasteiger partial charge in [-0.25, -0.2) is 10.2 Å². The van der Waals surface area contributed by atoms with Gasteiger partial charge in [0.1, 0.15) is 5.75 Å². The van der Waals surface area contributed by atoms with E-state index < -0.39 is 6.09 Å². The molecule has 0 bridgehead atoms. The second-order valence-corrected chi connectivity index (χ2v) is 4.36. The molecule has 0 fully saturated rings. The lowest BCUT2D eigenvalue weighted by atomic mass is 10.2. The van der Waals surface area contributed by atoms with E-state index in [1.165, 1.54) is 0 Å². The lowest BCUT2D eigenvalue weighted by Gasteiger charge is -2.09. The van der Waals surface area contributed by atoms with Crippen molar-refractivity contribution in [1.29, 1.82) is 0 Å². The fraction of sp³-hybridized carbons (Fsp3) is 0. The van der Waals surface area contributed by atoms with Crippen LogP contribution >= 0.6 is 0 Å². The maximum atomic E-state index is 11.6. The number of nitrogens with zero attached hydrogens (tertiary/aromatic N) is 1. The summed E-state index contributed by atoms with van der Waals surface area (Å²) in [5.74, 6) is 0.486. The standard InChI is InChI=1S/C16H13N3O2/c20-16(21-14-6-2-1-3-7-14)19-18-13-8-9-15-12(11-13)5-4-10-17-15/h1-11,18H,(H,19,20). The SMILES string of the molecule is O=C(NNc1ccc2ncccc2c1)Oc1ccccc1. The Bertz CT molecular complexity index is 760. The number of benzene rings is 2. The van der Waals surface area contributed by atoms with Crippen LogP contribution in [0.2, 0.25) is 0 Å². The van der Waals surface area contributed by atoms with Crippen molar-refractivity contribution in [2.45, 2.75) is 0 Å². The average molecular weight is 279 g/mol. The zero-order valence-corrected chi connectivity index (χ0v) is 11.1. The first-order valence-electron chi connectivity index (χ1n) is 6.45. The lowest BCUT2D eigenvalue weighted by Crippen LogP contribution is -2.32. The molecule has 0 aliphatic heterocycles. The molecule has 0 saturated heterocycles. The average Bonchev–Trinajstić information content (AvgIpc) is 2.54. The number of hydrogen-bond acceptors (Lipinski definition) is 4. The lowest BCUT2D eigenvalue weighted by molar-refractivity contribution is 0.203. The number of carbonyl (C=O) groups is 1. The molecule has 1 heterocycles. The van der Waals surface area contributed by atoms with E-state index in [2.05, 4.69) is 15.8 Å². The van der Waals surface area contributed by atoms with Gasteiger partial charge in [0.05, 0.1) is 11.2 Å². The van der Waals surface area contributed by atoms with Crippen molar-refractivity contribution in [1.82, 2.24) is 10.4 Å². The molecule has 2 N–H and O–H groups in total. The molecule has 1 amide bonds. The Kier molecular flexibility index (Phi) is 3.64. The number of para-hydroxylation sites is 1. The number of carbonyl (C=O) groups excluding carboxylic acids is 1. The smallest absolute Gasteiger partial charge is 0.409 e. The van der Waals surface area contributed by atoms with Crippen molar-refractivity contribution in [3.63, 3.8) is 0 Å². The maximum Gasteiger partial charge on any atom is 0.431 e. The highest BCUT2D eigenvalue weighted by Gasteiger charge is 2.03. The molecule has 1 aromatic heterocycles. The first kappa shape index (κ1) is 12.9. The first-order chi connectivity index (χ1) is 10.3. The quantitative estimate of drug-likeness (QED) is 0.722. The predicted molar refractivity (Wildman–Crippen MR) is 81.0 cm³/mol. The van der Waals surface area contributed by atoms with Gasteiger partial charge < -0.3 is 4.74 Å². The van der Waals surface area contributed by atoms with E-state index >= 15 is 0 Å². The molecule has 0 aliphatic carbocycles. The molecular weight excluding hydrogens is 266 g/mol. The molecule has 0 saturated carbocycles. The third kappa shape index (κ3) is 3.27. The van der Waals surface area contributed by atoms with E-state index in [4.69, 9.17) is 4.74 Å². The van der Waals surface area contributed by atoms with Crippen LogP contribution in [-0.4, -0.2) is 11.1 Å². The van der Waals surface area contributed by atoms with Gasteiger partial charge in [-0.15, -0.1) is 0 Å². The largest absolute Gasteiger partial charge is 0.431 e. The van der Waals surface area contributed by atoms with Gasteiger partial charge in [0, 0.05) is 11.6 Å². The molecule has 5 nitrogen and oxygen atoms in total. The highest BCUT2D eigenvalue weighted by Crippen LogP contribution is 2.16. The van der Waals surface area contributed by atoms with Crippen molar-refractivity contribution in [2.75, 3.05) is 5.43 Å². The summed E-state index contributed by atoms with van der Waals surface area (Å²) in [5.41, 5.74) is 6.93. The molecule has 5 heteroatoms. The molecule has 0 aliphatic rings. The molecule has 0 unspecified atom stereocenters. The van der Waals surface area contributed by atoms with Gasteiger partial charge in [-0.3, -0.25) is 10.4 Å². The van der Waals surface area contributed by atoms with Crippen LogP contribution in [0.25, 0.3) is 10.9 Å². The van der Waals surface area contributed by atoms with E-state index in [-0.39, 0.29) is 0 Å². The highest BCUT2D eigenvalue weighted by atomic mass is 16.6. The summed E-state index contributed by atoms with van der Waals surface area (Å²) < 4.78 is 5.10. The fourth-order valence-corrected chi connectivity index (χ4v) is 1.90. The Balaban J connectivity index is 1.62. The second-order valence-electron chi connectivity index (χ2n) is 4.36. The summed E-state index contributed by atoms with van der Waals surface area (Å²) in [4.78, 5) is 15.9. The summed E-state index contributed by atoms with van der Waals surface area (Å²) in [5, 5.41) is 0.987. The molecule has 0 atom stereocenters. The normalized spacial score (nSPS) is 10.1. The molecule has 21 heavy (non-hydrogen) atoms. The number of hydrazine groups is 1. The van der Waals surface area contributed by atoms with E-state index in [0.29, 0.717) is 5.75 Å². The topological polar surface area (TPSA) is 63.2 Å². The molecule has 104 valence electrons. The monoisotopic (exact) mass is 279 g/mol. The second kappa shape index (κ2) is 5.92. The summed E-state index contributed by atoms with van der Waals surface area (Å²) >= 11 is 0. The fourth-order valence-electron chi connectivity index (χ4n) is 1.90. The number of aromatic nitrogens is 1.